The number of nitrogens with one attached hydrogen (secondary N) is 1. The number of benzene rings is 2. The van der Waals surface area contributed by atoms with Gasteiger partial charge in [0.1, 0.15) is 5.37 Å². The number of hydrogen-bond acceptors (Lipinski definition) is 3. The van der Waals surface area contributed by atoms with Crippen molar-refractivity contribution in [1.29, 1.82) is 0 Å². The molecule has 2 amide bonds. The number of nitrogens with zero attached hydrogens (tertiary/aromatic N) is 1. The molecule has 2 aromatic carbocycles. The molecule has 0 spiro atoms. The Kier molecular flexibility index (Phi) is 8.38. The van der Waals surface area contributed by atoms with Crippen LogP contribution in [0.4, 0.5) is 0 Å². The molecule has 4 nitrogen and oxygen atoms in total. The molecule has 2 aromatic rings. The van der Waals surface area contributed by atoms with Crippen LogP contribution in [0.15, 0.2) is 54.6 Å². The van der Waals surface area contributed by atoms with Gasteiger partial charge in [-0.05, 0) is 35.6 Å². The Bertz CT molecular complexity index is 823. The number of unbranched alkanes of at least 4 members (excludes halogenated alkanes) is 1. The second kappa shape index (κ2) is 11.2. The van der Waals surface area contributed by atoms with E-state index in [0.717, 1.165) is 30.5 Å². The molecule has 5 heteroatoms. The average Bonchev–Trinajstić information content (AvgIpc) is 3.14. The highest BCUT2D eigenvalue weighted by Gasteiger charge is 2.32. The molecule has 160 valence electrons. The summed E-state index contributed by atoms with van der Waals surface area (Å²) in [6, 6.07) is 17.8. The van der Waals surface area contributed by atoms with Gasteiger partial charge in [0.2, 0.25) is 5.91 Å². The van der Waals surface area contributed by atoms with Crippen LogP contribution < -0.4 is 5.32 Å². The van der Waals surface area contributed by atoms with Crippen LogP contribution in [0.25, 0.3) is 0 Å². The van der Waals surface area contributed by atoms with Gasteiger partial charge in [-0.15, -0.1) is 11.8 Å². The summed E-state index contributed by atoms with van der Waals surface area (Å²) in [4.78, 5) is 26.9. The van der Waals surface area contributed by atoms with E-state index in [0.29, 0.717) is 23.8 Å². The highest BCUT2D eigenvalue weighted by molar-refractivity contribution is 8.00. The van der Waals surface area contributed by atoms with Crippen molar-refractivity contribution in [2.45, 2.75) is 51.4 Å². The summed E-state index contributed by atoms with van der Waals surface area (Å²) < 4.78 is 0. The average molecular weight is 425 g/mol. The number of thioether (sulfide) groups is 1. The van der Waals surface area contributed by atoms with Crippen molar-refractivity contribution in [3.63, 3.8) is 0 Å². The van der Waals surface area contributed by atoms with Crippen LogP contribution in [-0.4, -0.2) is 29.0 Å². The summed E-state index contributed by atoms with van der Waals surface area (Å²) in [6.07, 6.45) is 4.65. The van der Waals surface area contributed by atoms with Gasteiger partial charge in [-0.1, -0.05) is 75.6 Å². The highest BCUT2D eigenvalue weighted by Crippen LogP contribution is 2.39. The Hall–Kier alpha value is -2.27. The second-order valence-electron chi connectivity index (χ2n) is 7.92. The maximum absolute atomic E-state index is 12.5. The van der Waals surface area contributed by atoms with Crippen LogP contribution in [0.1, 0.15) is 66.4 Å². The van der Waals surface area contributed by atoms with Gasteiger partial charge in [0, 0.05) is 18.7 Å². The number of rotatable bonds is 10. The molecule has 1 aliphatic heterocycles. The Labute approximate surface area is 184 Å². The van der Waals surface area contributed by atoms with E-state index in [2.05, 4.69) is 19.2 Å². The normalized spacial score (nSPS) is 17.2. The Balaban J connectivity index is 1.61. The minimum Gasteiger partial charge on any atom is -0.352 e. The van der Waals surface area contributed by atoms with Crippen molar-refractivity contribution in [3.05, 3.63) is 71.3 Å². The van der Waals surface area contributed by atoms with Gasteiger partial charge in [0.05, 0.1) is 5.75 Å². The lowest BCUT2D eigenvalue weighted by molar-refractivity contribution is -0.128. The molecule has 2 atom stereocenters. The summed E-state index contributed by atoms with van der Waals surface area (Å²) >= 11 is 1.65. The number of carbonyl (C=O) groups is 2. The highest BCUT2D eigenvalue weighted by atomic mass is 32.2. The zero-order chi connectivity index (χ0) is 21.3. The summed E-state index contributed by atoms with van der Waals surface area (Å²) in [7, 11) is 0. The first kappa shape index (κ1) is 22.4. The van der Waals surface area contributed by atoms with E-state index >= 15 is 0 Å². The third-order valence-corrected chi connectivity index (χ3v) is 6.97. The van der Waals surface area contributed by atoms with E-state index in [1.54, 1.807) is 11.8 Å². The molecule has 0 bridgehead atoms. The van der Waals surface area contributed by atoms with Crippen LogP contribution in [-0.2, 0) is 11.3 Å². The van der Waals surface area contributed by atoms with Crippen molar-refractivity contribution in [1.82, 2.24) is 10.2 Å². The molecule has 30 heavy (non-hydrogen) atoms. The van der Waals surface area contributed by atoms with Gasteiger partial charge in [0.25, 0.3) is 5.91 Å². The van der Waals surface area contributed by atoms with Crippen molar-refractivity contribution in [3.8, 4) is 0 Å². The lowest BCUT2D eigenvalue weighted by Crippen LogP contribution is -2.29. The maximum Gasteiger partial charge on any atom is 0.251 e. The molecule has 3 rings (SSSR count). The van der Waals surface area contributed by atoms with E-state index in [1.807, 2.05) is 59.5 Å². The molecular formula is C25H32N2O2S. The molecule has 1 heterocycles. The standard InChI is InChI=1S/C25H32N2O2S/c1-3-5-9-19(4-2)16-26-24(29)21-12-14-22(15-13-21)25-27(23(28)18-30-25)17-20-10-7-6-8-11-20/h6-8,10-15,19,25H,3-5,9,16-18H2,1-2H3,(H,26,29)/t19-,25+/m0/s1. The number of carbonyl (C=O) groups excluding carboxylic acids is 2. The Morgan fingerprint density at radius 2 is 1.87 bits per heavy atom. The van der Waals surface area contributed by atoms with E-state index in [1.165, 1.54) is 12.8 Å². The zero-order valence-electron chi connectivity index (χ0n) is 18.0. The smallest absolute Gasteiger partial charge is 0.251 e. The van der Waals surface area contributed by atoms with Crippen LogP contribution >= 0.6 is 11.8 Å². The van der Waals surface area contributed by atoms with Gasteiger partial charge < -0.3 is 10.2 Å². The molecule has 1 aliphatic rings. The molecule has 0 unspecified atom stereocenters. The van der Waals surface area contributed by atoms with Crippen LogP contribution in [0.3, 0.4) is 0 Å². The minimum atomic E-state index is -0.0206. The molecule has 0 aromatic heterocycles. The fourth-order valence-electron chi connectivity index (χ4n) is 3.76. The Morgan fingerprint density at radius 3 is 2.53 bits per heavy atom. The van der Waals surface area contributed by atoms with Gasteiger partial charge in [0.15, 0.2) is 0 Å². The van der Waals surface area contributed by atoms with Crippen molar-refractivity contribution < 1.29 is 9.59 Å². The molecule has 1 N–H and O–H groups in total. The summed E-state index contributed by atoms with van der Waals surface area (Å²) in [5.74, 6) is 1.18. The zero-order valence-corrected chi connectivity index (χ0v) is 18.8. The van der Waals surface area contributed by atoms with Crippen LogP contribution in [0, 0.1) is 5.92 Å². The predicted octanol–water partition coefficient (Wildman–Crippen LogP) is 5.41. The van der Waals surface area contributed by atoms with Gasteiger partial charge in [-0.3, -0.25) is 9.59 Å². The van der Waals surface area contributed by atoms with Crippen molar-refractivity contribution in [2.75, 3.05) is 12.3 Å². The molecular weight excluding hydrogens is 392 g/mol. The fourth-order valence-corrected chi connectivity index (χ4v) is 4.95. The SMILES string of the molecule is CCCC[C@H](CC)CNC(=O)c1ccc([C@H]2SCC(=O)N2Cc2ccccc2)cc1. The monoisotopic (exact) mass is 424 g/mol. The predicted molar refractivity (Wildman–Crippen MR) is 124 cm³/mol. The summed E-state index contributed by atoms with van der Waals surface area (Å²) in [6.45, 7) is 5.72. The molecule has 1 saturated heterocycles. The third kappa shape index (κ3) is 5.88. The van der Waals surface area contributed by atoms with E-state index in [9.17, 15) is 9.59 Å². The first-order valence-electron chi connectivity index (χ1n) is 11.0. The van der Waals surface area contributed by atoms with Crippen LogP contribution in [0.2, 0.25) is 0 Å². The van der Waals surface area contributed by atoms with Gasteiger partial charge in [-0.2, -0.15) is 0 Å². The number of hydrogen-bond donors (Lipinski definition) is 1. The van der Waals surface area contributed by atoms with Crippen LogP contribution in [0.5, 0.6) is 0 Å². The quantitative estimate of drug-likeness (QED) is 0.555. The maximum atomic E-state index is 12.5. The number of amides is 2. The van der Waals surface area contributed by atoms with E-state index in [-0.39, 0.29) is 17.2 Å². The Morgan fingerprint density at radius 1 is 1.13 bits per heavy atom. The van der Waals surface area contributed by atoms with E-state index in [4.69, 9.17) is 0 Å². The summed E-state index contributed by atoms with van der Waals surface area (Å²) in [5, 5.41) is 3.08. The molecule has 1 fully saturated rings. The van der Waals surface area contributed by atoms with Gasteiger partial charge >= 0.3 is 0 Å². The fraction of sp³-hybridized carbons (Fsp3) is 0.440. The molecule has 0 radical (unpaired) electrons. The third-order valence-electron chi connectivity index (χ3n) is 5.72. The van der Waals surface area contributed by atoms with E-state index < -0.39 is 0 Å². The largest absolute Gasteiger partial charge is 0.352 e. The lowest BCUT2D eigenvalue weighted by Gasteiger charge is -2.24. The van der Waals surface area contributed by atoms with Crippen molar-refractivity contribution in [2.24, 2.45) is 5.92 Å². The minimum absolute atomic E-state index is 0.00617. The lowest BCUT2D eigenvalue weighted by atomic mass is 9.99. The van der Waals surface area contributed by atoms with Crippen molar-refractivity contribution >= 4 is 23.6 Å². The van der Waals surface area contributed by atoms with Gasteiger partial charge in [-0.25, -0.2) is 0 Å². The second-order valence-corrected chi connectivity index (χ2v) is 8.99. The molecule has 0 saturated carbocycles. The first-order chi connectivity index (χ1) is 14.6. The topological polar surface area (TPSA) is 49.4 Å². The summed E-state index contributed by atoms with van der Waals surface area (Å²) in [5.41, 5.74) is 2.86. The first-order valence-corrected chi connectivity index (χ1v) is 12.0. The molecule has 0 aliphatic carbocycles.